The van der Waals surface area contributed by atoms with Gasteiger partial charge in [-0.1, -0.05) is 98.3 Å². The number of rotatable bonds is 7. The van der Waals surface area contributed by atoms with Gasteiger partial charge in [0.05, 0.1) is 5.54 Å². The van der Waals surface area contributed by atoms with Crippen LogP contribution in [0.4, 0.5) is 0 Å². The molecule has 0 fully saturated rings. The maximum Gasteiger partial charge on any atom is 0.0827 e. The standard InChI is InChI=1S/C26H28N2/c1-2-3-18-28-26(19-27,24-16-8-12-20-10-4-6-14-22(20)24)25-17-9-13-21-11-5-7-15-23(21)25/h4-17,28H,2-3,18-19,27H2,1H3. The summed E-state index contributed by atoms with van der Waals surface area (Å²) in [5.74, 6) is 0. The SMILES string of the molecule is CCCCNC(CN)(c1cccc2ccccc12)c1cccc2ccccc12. The summed E-state index contributed by atoms with van der Waals surface area (Å²) in [6, 6.07) is 30.3. The van der Waals surface area contributed by atoms with E-state index in [0.717, 1.165) is 19.4 Å². The van der Waals surface area contributed by atoms with Gasteiger partial charge >= 0.3 is 0 Å². The minimum atomic E-state index is -0.434. The quantitative estimate of drug-likeness (QED) is 0.418. The molecule has 0 aromatic heterocycles. The first kappa shape index (κ1) is 18.7. The normalized spacial score (nSPS) is 11.9. The van der Waals surface area contributed by atoms with E-state index in [2.05, 4.69) is 97.2 Å². The van der Waals surface area contributed by atoms with Crippen molar-refractivity contribution in [2.24, 2.45) is 5.73 Å². The summed E-state index contributed by atoms with van der Waals surface area (Å²) in [6.07, 6.45) is 2.27. The van der Waals surface area contributed by atoms with Crippen LogP contribution < -0.4 is 11.1 Å². The monoisotopic (exact) mass is 368 g/mol. The molecule has 0 saturated carbocycles. The summed E-state index contributed by atoms with van der Waals surface area (Å²) in [5.41, 5.74) is 8.64. The Hall–Kier alpha value is -2.68. The van der Waals surface area contributed by atoms with Crippen LogP contribution >= 0.6 is 0 Å². The molecule has 4 aromatic carbocycles. The van der Waals surface area contributed by atoms with Crippen molar-refractivity contribution in [3.63, 3.8) is 0 Å². The van der Waals surface area contributed by atoms with Gasteiger partial charge in [-0.05, 0) is 45.6 Å². The zero-order valence-corrected chi connectivity index (χ0v) is 16.5. The summed E-state index contributed by atoms with van der Waals surface area (Å²) in [5, 5.41) is 8.88. The first-order chi connectivity index (χ1) is 13.8. The van der Waals surface area contributed by atoms with Crippen molar-refractivity contribution >= 4 is 21.5 Å². The molecule has 0 unspecified atom stereocenters. The van der Waals surface area contributed by atoms with Crippen molar-refractivity contribution in [2.45, 2.75) is 25.3 Å². The van der Waals surface area contributed by atoms with E-state index in [1.807, 2.05) is 0 Å². The fourth-order valence-corrected chi connectivity index (χ4v) is 4.30. The molecular weight excluding hydrogens is 340 g/mol. The highest BCUT2D eigenvalue weighted by Gasteiger charge is 2.35. The van der Waals surface area contributed by atoms with Gasteiger partial charge in [-0.3, -0.25) is 0 Å². The summed E-state index contributed by atoms with van der Waals surface area (Å²) in [7, 11) is 0. The molecule has 2 nitrogen and oxygen atoms in total. The third-order valence-corrected chi connectivity index (χ3v) is 5.76. The molecule has 0 aliphatic carbocycles. The van der Waals surface area contributed by atoms with Gasteiger partial charge in [0.15, 0.2) is 0 Å². The highest BCUT2D eigenvalue weighted by Crippen LogP contribution is 2.37. The second-order valence-corrected chi connectivity index (χ2v) is 7.44. The topological polar surface area (TPSA) is 38.0 Å². The Morgan fingerprint density at radius 3 is 1.71 bits per heavy atom. The molecule has 0 spiro atoms. The predicted molar refractivity (Wildman–Crippen MR) is 121 cm³/mol. The minimum absolute atomic E-state index is 0.434. The lowest BCUT2D eigenvalue weighted by molar-refractivity contribution is 0.411. The maximum absolute atomic E-state index is 6.57. The van der Waals surface area contributed by atoms with Crippen molar-refractivity contribution in [1.82, 2.24) is 5.32 Å². The highest BCUT2D eigenvalue weighted by molar-refractivity contribution is 5.91. The van der Waals surface area contributed by atoms with Gasteiger partial charge in [0.25, 0.3) is 0 Å². The molecular formula is C26H28N2. The first-order valence-electron chi connectivity index (χ1n) is 10.2. The molecule has 4 rings (SSSR count). The van der Waals surface area contributed by atoms with E-state index in [1.165, 1.54) is 32.7 Å². The van der Waals surface area contributed by atoms with Crippen LogP contribution in [0.5, 0.6) is 0 Å². The molecule has 3 N–H and O–H groups in total. The summed E-state index contributed by atoms with van der Waals surface area (Å²) in [6.45, 7) is 3.65. The van der Waals surface area contributed by atoms with E-state index in [4.69, 9.17) is 5.73 Å². The molecule has 0 amide bonds. The lowest BCUT2D eigenvalue weighted by Gasteiger charge is -2.37. The fraction of sp³-hybridized carbons (Fsp3) is 0.231. The van der Waals surface area contributed by atoms with E-state index in [0.29, 0.717) is 6.54 Å². The van der Waals surface area contributed by atoms with E-state index < -0.39 is 5.54 Å². The van der Waals surface area contributed by atoms with Crippen LogP contribution in [-0.4, -0.2) is 13.1 Å². The largest absolute Gasteiger partial charge is 0.328 e. The Bertz CT molecular complexity index is 994. The molecule has 2 heteroatoms. The first-order valence-corrected chi connectivity index (χ1v) is 10.2. The number of fused-ring (bicyclic) bond motifs is 2. The van der Waals surface area contributed by atoms with Crippen molar-refractivity contribution in [3.05, 3.63) is 96.1 Å². The van der Waals surface area contributed by atoms with Gasteiger partial charge < -0.3 is 11.1 Å². The summed E-state index contributed by atoms with van der Waals surface area (Å²) >= 11 is 0. The van der Waals surface area contributed by atoms with E-state index in [-0.39, 0.29) is 0 Å². The van der Waals surface area contributed by atoms with Crippen molar-refractivity contribution < 1.29 is 0 Å². The molecule has 4 aromatic rings. The van der Waals surface area contributed by atoms with Crippen LogP contribution in [-0.2, 0) is 5.54 Å². The molecule has 0 atom stereocenters. The third-order valence-electron chi connectivity index (χ3n) is 5.76. The smallest absolute Gasteiger partial charge is 0.0827 e. The number of hydrogen-bond acceptors (Lipinski definition) is 2. The van der Waals surface area contributed by atoms with Crippen molar-refractivity contribution in [3.8, 4) is 0 Å². The van der Waals surface area contributed by atoms with Gasteiger partial charge in [0, 0.05) is 6.54 Å². The predicted octanol–water partition coefficient (Wildman–Crippen LogP) is 5.59. The second-order valence-electron chi connectivity index (χ2n) is 7.44. The van der Waals surface area contributed by atoms with E-state index in [1.54, 1.807) is 0 Å². The van der Waals surface area contributed by atoms with Gasteiger partial charge in [0.2, 0.25) is 0 Å². The Kier molecular flexibility index (Phi) is 5.43. The Balaban J connectivity index is 2.01. The van der Waals surface area contributed by atoms with Crippen LogP contribution in [0.1, 0.15) is 30.9 Å². The lowest BCUT2D eigenvalue weighted by Crippen LogP contribution is -2.50. The molecule has 0 aliphatic heterocycles. The van der Waals surface area contributed by atoms with Crippen molar-refractivity contribution in [2.75, 3.05) is 13.1 Å². The second kappa shape index (κ2) is 8.14. The van der Waals surface area contributed by atoms with Gasteiger partial charge in [-0.2, -0.15) is 0 Å². The van der Waals surface area contributed by atoms with Crippen LogP contribution in [0.3, 0.4) is 0 Å². The van der Waals surface area contributed by atoms with E-state index in [9.17, 15) is 0 Å². The highest BCUT2D eigenvalue weighted by atomic mass is 15.0. The molecule has 0 aliphatic rings. The van der Waals surface area contributed by atoms with Crippen molar-refractivity contribution in [1.29, 1.82) is 0 Å². The molecule has 0 heterocycles. The Morgan fingerprint density at radius 2 is 1.21 bits per heavy atom. The average molecular weight is 369 g/mol. The number of nitrogens with one attached hydrogen (secondary N) is 1. The summed E-state index contributed by atoms with van der Waals surface area (Å²) in [4.78, 5) is 0. The van der Waals surface area contributed by atoms with Crippen LogP contribution in [0.2, 0.25) is 0 Å². The molecule has 28 heavy (non-hydrogen) atoms. The van der Waals surface area contributed by atoms with Gasteiger partial charge in [0.1, 0.15) is 0 Å². The maximum atomic E-state index is 6.57. The average Bonchev–Trinajstić information content (AvgIpc) is 2.76. The molecule has 142 valence electrons. The zero-order valence-electron chi connectivity index (χ0n) is 16.5. The zero-order chi connectivity index (χ0) is 19.4. The summed E-state index contributed by atoms with van der Waals surface area (Å²) < 4.78 is 0. The lowest BCUT2D eigenvalue weighted by atomic mass is 9.78. The van der Waals surface area contributed by atoms with Gasteiger partial charge in [-0.15, -0.1) is 0 Å². The van der Waals surface area contributed by atoms with Gasteiger partial charge in [-0.25, -0.2) is 0 Å². The Morgan fingerprint density at radius 1 is 0.714 bits per heavy atom. The third kappa shape index (κ3) is 3.19. The number of unbranched alkanes of at least 4 members (excludes halogenated alkanes) is 1. The Labute approximate surface area is 167 Å². The van der Waals surface area contributed by atoms with Crippen LogP contribution in [0.15, 0.2) is 84.9 Å². The minimum Gasteiger partial charge on any atom is -0.328 e. The molecule has 0 bridgehead atoms. The number of hydrogen-bond donors (Lipinski definition) is 2. The molecule has 0 saturated heterocycles. The number of nitrogens with two attached hydrogens (primary N) is 1. The number of benzene rings is 4. The fourth-order valence-electron chi connectivity index (χ4n) is 4.30. The van der Waals surface area contributed by atoms with Crippen LogP contribution in [0, 0.1) is 0 Å². The molecule has 0 radical (unpaired) electrons. The van der Waals surface area contributed by atoms with Crippen LogP contribution in [0.25, 0.3) is 21.5 Å². The van der Waals surface area contributed by atoms with E-state index >= 15 is 0 Å².